The Kier molecular flexibility index (Phi) is 3.01. The van der Waals surface area contributed by atoms with Crippen LogP contribution >= 0.6 is 11.6 Å². The molecule has 0 saturated carbocycles. The fourth-order valence-corrected chi connectivity index (χ4v) is 1.68. The van der Waals surface area contributed by atoms with Crippen LogP contribution in [0.2, 0.25) is 5.15 Å². The van der Waals surface area contributed by atoms with Gasteiger partial charge in [0.25, 0.3) is 0 Å². The number of benzene rings is 1. The third-order valence-corrected chi connectivity index (χ3v) is 2.45. The molecule has 1 aromatic carbocycles. The summed E-state index contributed by atoms with van der Waals surface area (Å²) in [7, 11) is 0. The van der Waals surface area contributed by atoms with Crippen molar-refractivity contribution in [1.29, 1.82) is 0 Å². The molecule has 0 aliphatic carbocycles. The molecule has 0 spiro atoms. The van der Waals surface area contributed by atoms with Crippen LogP contribution < -0.4 is 0 Å². The summed E-state index contributed by atoms with van der Waals surface area (Å²) in [6, 6.07) is 5.79. The summed E-state index contributed by atoms with van der Waals surface area (Å²) in [5.74, 6) is -1.82. The Bertz CT molecular complexity index is 589. The number of halogens is 2. The average molecular weight is 253 g/mol. The van der Waals surface area contributed by atoms with E-state index in [1.807, 2.05) is 0 Å². The van der Waals surface area contributed by atoms with E-state index in [-0.39, 0.29) is 21.8 Å². The minimum atomic E-state index is -1.27. The highest BCUT2D eigenvalue weighted by atomic mass is 35.5. The Morgan fingerprint density at radius 1 is 1.29 bits per heavy atom. The number of aromatic nitrogens is 2. The number of aromatic carboxylic acids is 1. The van der Waals surface area contributed by atoms with Gasteiger partial charge in [0.1, 0.15) is 11.4 Å². The van der Waals surface area contributed by atoms with Gasteiger partial charge in [-0.1, -0.05) is 29.8 Å². The normalized spacial score (nSPS) is 10.2. The number of hydrogen-bond donors (Lipinski definition) is 1. The van der Waals surface area contributed by atoms with E-state index in [0.29, 0.717) is 0 Å². The fraction of sp³-hybridized carbons (Fsp3) is 0. The molecule has 0 unspecified atom stereocenters. The maximum absolute atomic E-state index is 13.6. The second-order valence-electron chi connectivity index (χ2n) is 3.21. The molecule has 0 saturated heterocycles. The molecule has 0 bridgehead atoms. The Hall–Kier alpha value is -2.01. The number of carboxylic acid groups (broad SMARTS) is 1. The number of carbonyl (C=O) groups is 1. The van der Waals surface area contributed by atoms with Crippen LogP contribution in [0.3, 0.4) is 0 Å². The number of rotatable bonds is 2. The van der Waals surface area contributed by atoms with Crippen molar-refractivity contribution in [3.63, 3.8) is 0 Å². The van der Waals surface area contributed by atoms with Crippen molar-refractivity contribution in [1.82, 2.24) is 10.2 Å². The monoisotopic (exact) mass is 252 g/mol. The van der Waals surface area contributed by atoms with Crippen LogP contribution in [-0.2, 0) is 0 Å². The van der Waals surface area contributed by atoms with Crippen molar-refractivity contribution in [2.45, 2.75) is 0 Å². The molecule has 2 aromatic rings. The average Bonchev–Trinajstić information content (AvgIpc) is 2.28. The van der Waals surface area contributed by atoms with Gasteiger partial charge >= 0.3 is 5.97 Å². The van der Waals surface area contributed by atoms with Gasteiger partial charge in [0, 0.05) is 11.1 Å². The molecular formula is C11H6ClFN2O2. The first-order chi connectivity index (χ1) is 8.11. The third kappa shape index (κ3) is 2.09. The first kappa shape index (κ1) is 11.5. The molecule has 17 heavy (non-hydrogen) atoms. The van der Waals surface area contributed by atoms with Crippen molar-refractivity contribution in [3.05, 3.63) is 47.0 Å². The molecule has 1 N–H and O–H groups in total. The molecule has 1 heterocycles. The van der Waals surface area contributed by atoms with Gasteiger partial charge in [-0.2, -0.15) is 5.10 Å². The van der Waals surface area contributed by atoms with Crippen LogP contribution in [0.4, 0.5) is 4.39 Å². The molecule has 2 rings (SSSR count). The van der Waals surface area contributed by atoms with E-state index >= 15 is 0 Å². The van der Waals surface area contributed by atoms with Crippen molar-refractivity contribution in [2.24, 2.45) is 0 Å². The van der Waals surface area contributed by atoms with E-state index < -0.39 is 11.8 Å². The van der Waals surface area contributed by atoms with E-state index in [2.05, 4.69) is 10.2 Å². The second-order valence-corrected chi connectivity index (χ2v) is 3.57. The minimum absolute atomic E-state index is 0.107. The van der Waals surface area contributed by atoms with E-state index in [1.54, 1.807) is 6.07 Å². The van der Waals surface area contributed by atoms with Crippen LogP contribution in [0.5, 0.6) is 0 Å². The largest absolute Gasteiger partial charge is 0.478 e. The van der Waals surface area contributed by atoms with Crippen LogP contribution in [0.25, 0.3) is 11.1 Å². The van der Waals surface area contributed by atoms with Gasteiger partial charge in [-0.25, -0.2) is 9.18 Å². The van der Waals surface area contributed by atoms with E-state index in [0.717, 1.165) is 0 Å². The second kappa shape index (κ2) is 4.47. The van der Waals surface area contributed by atoms with Crippen LogP contribution in [0, 0.1) is 5.82 Å². The van der Waals surface area contributed by atoms with Gasteiger partial charge in [-0.15, -0.1) is 5.10 Å². The van der Waals surface area contributed by atoms with Crippen molar-refractivity contribution < 1.29 is 14.3 Å². The Morgan fingerprint density at radius 3 is 2.65 bits per heavy atom. The zero-order valence-electron chi connectivity index (χ0n) is 8.39. The molecule has 0 amide bonds. The molecule has 1 aromatic heterocycles. The molecule has 0 aliphatic heterocycles. The molecule has 0 atom stereocenters. The summed E-state index contributed by atoms with van der Waals surface area (Å²) in [5, 5.41) is 15.7. The molecule has 86 valence electrons. The predicted molar refractivity (Wildman–Crippen MR) is 59.4 cm³/mol. The standard InChI is InChI=1S/C11H6ClFN2O2/c12-10-9(11(16)17)7(5-14-15-10)6-3-1-2-4-8(6)13/h1-5H,(H,16,17). The summed E-state index contributed by atoms with van der Waals surface area (Å²) < 4.78 is 13.6. The highest BCUT2D eigenvalue weighted by Crippen LogP contribution is 2.28. The number of hydrogen-bond acceptors (Lipinski definition) is 3. The highest BCUT2D eigenvalue weighted by Gasteiger charge is 2.19. The lowest BCUT2D eigenvalue weighted by Gasteiger charge is -2.06. The lowest BCUT2D eigenvalue weighted by molar-refractivity contribution is 0.0697. The summed E-state index contributed by atoms with van der Waals surface area (Å²) in [4.78, 5) is 11.1. The predicted octanol–water partition coefficient (Wildman–Crippen LogP) is 2.63. The Morgan fingerprint density at radius 2 is 2.00 bits per heavy atom. The molecule has 0 fully saturated rings. The molecule has 0 aliphatic rings. The maximum Gasteiger partial charge on any atom is 0.339 e. The van der Waals surface area contributed by atoms with Crippen LogP contribution in [-0.4, -0.2) is 21.3 Å². The van der Waals surface area contributed by atoms with Gasteiger partial charge in [0.15, 0.2) is 5.15 Å². The number of nitrogens with zero attached hydrogens (tertiary/aromatic N) is 2. The topological polar surface area (TPSA) is 63.1 Å². The lowest BCUT2D eigenvalue weighted by Crippen LogP contribution is -2.04. The van der Waals surface area contributed by atoms with Crippen LogP contribution in [0.15, 0.2) is 30.5 Å². The third-order valence-electron chi connectivity index (χ3n) is 2.19. The summed E-state index contributed by atoms with van der Waals surface area (Å²) in [6.45, 7) is 0. The fourth-order valence-electron chi connectivity index (χ4n) is 1.45. The molecular weight excluding hydrogens is 247 g/mol. The van der Waals surface area contributed by atoms with Crippen molar-refractivity contribution in [2.75, 3.05) is 0 Å². The van der Waals surface area contributed by atoms with E-state index in [1.165, 1.54) is 24.4 Å². The zero-order chi connectivity index (χ0) is 12.4. The molecule has 4 nitrogen and oxygen atoms in total. The van der Waals surface area contributed by atoms with E-state index in [9.17, 15) is 9.18 Å². The lowest BCUT2D eigenvalue weighted by atomic mass is 10.0. The van der Waals surface area contributed by atoms with Gasteiger partial charge in [-0.05, 0) is 6.07 Å². The summed E-state index contributed by atoms with van der Waals surface area (Å²) in [5.41, 5.74) is -0.0240. The van der Waals surface area contributed by atoms with Crippen molar-refractivity contribution >= 4 is 17.6 Å². The van der Waals surface area contributed by atoms with Gasteiger partial charge in [0.2, 0.25) is 0 Å². The first-order valence-corrected chi connectivity index (χ1v) is 4.98. The van der Waals surface area contributed by atoms with Crippen LogP contribution in [0.1, 0.15) is 10.4 Å². The SMILES string of the molecule is O=C(O)c1c(-c2ccccc2F)cnnc1Cl. The first-order valence-electron chi connectivity index (χ1n) is 4.60. The minimum Gasteiger partial charge on any atom is -0.478 e. The Balaban J connectivity index is 2.72. The Labute approximate surface area is 101 Å². The highest BCUT2D eigenvalue weighted by molar-refractivity contribution is 6.33. The summed E-state index contributed by atoms with van der Waals surface area (Å²) >= 11 is 5.65. The number of carboxylic acids is 1. The molecule has 0 radical (unpaired) electrons. The van der Waals surface area contributed by atoms with Gasteiger partial charge in [-0.3, -0.25) is 0 Å². The van der Waals surface area contributed by atoms with E-state index in [4.69, 9.17) is 16.7 Å². The van der Waals surface area contributed by atoms with Crippen molar-refractivity contribution in [3.8, 4) is 11.1 Å². The summed E-state index contributed by atoms with van der Waals surface area (Å²) in [6.07, 6.45) is 1.17. The van der Waals surface area contributed by atoms with Gasteiger partial charge in [0.05, 0.1) is 6.20 Å². The maximum atomic E-state index is 13.6. The zero-order valence-corrected chi connectivity index (χ0v) is 9.15. The smallest absolute Gasteiger partial charge is 0.339 e. The van der Waals surface area contributed by atoms with Gasteiger partial charge < -0.3 is 5.11 Å². The molecule has 6 heteroatoms. The quantitative estimate of drug-likeness (QED) is 0.892.